The van der Waals surface area contributed by atoms with Crippen LogP contribution in [0.1, 0.15) is 60.7 Å². The molecule has 0 spiro atoms. The standard InChI is InChI=1S/C22H25N5O2/c1-14-12-26(22(29)15-7-3-2-4-8-15)13-18(14)19-24-20-17(21(28)25-19)11-23-27(20)16-9-5-6-10-16/h2-4,7-8,11,14,16,18H,5-6,9-10,12-13H2,1H3,(H,24,25,28)/t14-,18-/m1/s1. The number of carbonyl (C=O) groups excluding carboxylic acids is 1. The van der Waals surface area contributed by atoms with Crippen molar-refractivity contribution in [3.63, 3.8) is 0 Å². The molecule has 5 rings (SSSR count). The number of likely N-dealkylation sites (tertiary alicyclic amines) is 1. The molecule has 1 saturated heterocycles. The molecule has 1 aromatic carbocycles. The maximum atomic E-state index is 12.9. The highest BCUT2D eigenvalue weighted by Gasteiger charge is 2.36. The summed E-state index contributed by atoms with van der Waals surface area (Å²) in [5, 5.41) is 5.02. The minimum atomic E-state index is -0.144. The molecule has 1 N–H and O–H groups in total. The topological polar surface area (TPSA) is 83.9 Å². The first-order valence-electron chi connectivity index (χ1n) is 10.4. The average molecular weight is 391 g/mol. The van der Waals surface area contributed by atoms with Gasteiger partial charge in [-0.3, -0.25) is 9.59 Å². The van der Waals surface area contributed by atoms with Gasteiger partial charge in [0, 0.05) is 24.6 Å². The number of nitrogens with one attached hydrogen (secondary N) is 1. The van der Waals surface area contributed by atoms with E-state index in [9.17, 15) is 9.59 Å². The molecule has 1 aliphatic heterocycles. The number of amides is 1. The molecule has 3 heterocycles. The highest BCUT2D eigenvalue weighted by atomic mass is 16.2. The van der Waals surface area contributed by atoms with Gasteiger partial charge in [0.2, 0.25) is 0 Å². The van der Waals surface area contributed by atoms with E-state index in [1.807, 2.05) is 39.9 Å². The number of hydrogen-bond acceptors (Lipinski definition) is 4. The molecule has 3 aromatic rings. The molecule has 1 amide bonds. The molecule has 7 heteroatoms. The zero-order valence-electron chi connectivity index (χ0n) is 16.5. The van der Waals surface area contributed by atoms with Crippen molar-refractivity contribution in [2.45, 2.75) is 44.6 Å². The van der Waals surface area contributed by atoms with Gasteiger partial charge in [0.25, 0.3) is 11.5 Å². The summed E-state index contributed by atoms with van der Waals surface area (Å²) in [5.41, 5.74) is 1.22. The third-order valence-corrected chi connectivity index (χ3v) is 6.42. The highest BCUT2D eigenvalue weighted by molar-refractivity contribution is 5.94. The molecule has 1 saturated carbocycles. The molecular formula is C22H25N5O2. The number of aromatic amines is 1. The Kier molecular flexibility index (Phi) is 4.45. The normalized spacial score (nSPS) is 22.6. The SMILES string of the molecule is C[C@@H]1CN(C(=O)c2ccccc2)C[C@H]1c1nc2c(cnn2C2CCCC2)c(=O)[nH]1. The van der Waals surface area contributed by atoms with Gasteiger partial charge in [-0.15, -0.1) is 0 Å². The number of aromatic nitrogens is 4. The van der Waals surface area contributed by atoms with Crippen LogP contribution < -0.4 is 5.56 Å². The van der Waals surface area contributed by atoms with Gasteiger partial charge in [0.05, 0.1) is 12.2 Å². The smallest absolute Gasteiger partial charge is 0.262 e. The lowest BCUT2D eigenvalue weighted by atomic mass is 9.97. The van der Waals surface area contributed by atoms with E-state index in [0.717, 1.165) is 12.8 Å². The molecule has 7 nitrogen and oxygen atoms in total. The molecule has 2 atom stereocenters. The predicted molar refractivity (Wildman–Crippen MR) is 110 cm³/mol. The third kappa shape index (κ3) is 3.14. The lowest BCUT2D eigenvalue weighted by Gasteiger charge is -2.16. The second-order valence-corrected chi connectivity index (χ2v) is 8.38. The van der Waals surface area contributed by atoms with Crippen molar-refractivity contribution in [2.75, 3.05) is 13.1 Å². The van der Waals surface area contributed by atoms with Gasteiger partial charge in [-0.25, -0.2) is 9.67 Å². The summed E-state index contributed by atoms with van der Waals surface area (Å²) in [6.45, 7) is 3.32. The number of H-pyrrole nitrogens is 1. The number of hydrogen-bond donors (Lipinski definition) is 1. The van der Waals surface area contributed by atoms with Crippen molar-refractivity contribution < 1.29 is 4.79 Å². The summed E-state index contributed by atoms with van der Waals surface area (Å²) >= 11 is 0. The van der Waals surface area contributed by atoms with Gasteiger partial charge in [0.1, 0.15) is 11.2 Å². The Bertz CT molecular complexity index is 1100. The summed E-state index contributed by atoms with van der Waals surface area (Å²) < 4.78 is 1.94. The minimum Gasteiger partial charge on any atom is -0.338 e. The largest absolute Gasteiger partial charge is 0.338 e. The van der Waals surface area contributed by atoms with E-state index < -0.39 is 0 Å². The molecule has 29 heavy (non-hydrogen) atoms. The van der Waals surface area contributed by atoms with Crippen molar-refractivity contribution >= 4 is 16.9 Å². The summed E-state index contributed by atoms with van der Waals surface area (Å²) in [5.74, 6) is 0.912. The summed E-state index contributed by atoms with van der Waals surface area (Å²) in [6, 6.07) is 9.66. The van der Waals surface area contributed by atoms with E-state index >= 15 is 0 Å². The molecule has 0 bridgehead atoms. The van der Waals surface area contributed by atoms with Crippen molar-refractivity contribution in [2.24, 2.45) is 5.92 Å². The minimum absolute atomic E-state index is 0.00619. The van der Waals surface area contributed by atoms with Gasteiger partial charge >= 0.3 is 0 Å². The van der Waals surface area contributed by atoms with Gasteiger partial charge < -0.3 is 9.88 Å². The summed E-state index contributed by atoms with van der Waals surface area (Å²) in [6.07, 6.45) is 6.18. The Labute approximate surface area is 168 Å². The lowest BCUT2D eigenvalue weighted by molar-refractivity contribution is 0.0786. The van der Waals surface area contributed by atoms with Crippen LogP contribution in [-0.4, -0.2) is 43.6 Å². The van der Waals surface area contributed by atoms with E-state index in [2.05, 4.69) is 17.0 Å². The number of benzene rings is 1. The molecular weight excluding hydrogens is 366 g/mol. The van der Waals surface area contributed by atoms with Gasteiger partial charge in [-0.05, 0) is 30.9 Å². The number of rotatable bonds is 3. The molecule has 0 unspecified atom stereocenters. The van der Waals surface area contributed by atoms with Gasteiger partial charge in [-0.2, -0.15) is 5.10 Å². The quantitative estimate of drug-likeness (QED) is 0.744. The summed E-state index contributed by atoms with van der Waals surface area (Å²) in [7, 11) is 0. The monoisotopic (exact) mass is 391 g/mol. The van der Waals surface area contributed by atoms with Crippen LogP contribution in [0.4, 0.5) is 0 Å². The van der Waals surface area contributed by atoms with Gasteiger partial charge in [-0.1, -0.05) is 38.0 Å². The van der Waals surface area contributed by atoms with E-state index in [0.29, 0.717) is 41.6 Å². The molecule has 2 fully saturated rings. The Morgan fingerprint density at radius 2 is 1.90 bits per heavy atom. The van der Waals surface area contributed by atoms with Crippen LogP contribution in [0.2, 0.25) is 0 Å². The third-order valence-electron chi connectivity index (χ3n) is 6.42. The van der Waals surface area contributed by atoms with E-state index in [4.69, 9.17) is 4.98 Å². The Morgan fingerprint density at radius 3 is 2.66 bits per heavy atom. The van der Waals surface area contributed by atoms with Crippen molar-refractivity contribution in [1.82, 2.24) is 24.6 Å². The number of carbonyl (C=O) groups is 1. The molecule has 0 radical (unpaired) electrons. The first kappa shape index (κ1) is 18.1. The highest BCUT2D eigenvalue weighted by Crippen LogP contribution is 2.33. The maximum absolute atomic E-state index is 12.9. The van der Waals surface area contributed by atoms with Crippen molar-refractivity contribution in [1.29, 1.82) is 0 Å². The molecule has 1 aliphatic carbocycles. The Balaban J connectivity index is 1.46. The van der Waals surface area contributed by atoms with Crippen LogP contribution in [-0.2, 0) is 0 Å². The second-order valence-electron chi connectivity index (χ2n) is 8.38. The summed E-state index contributed by atoms with van der Waals surface area (Å²) in [4.78, 5) is 35.2. The Morgan fingerprint density at radius 1 is 1.14 bits per heavy atom. The number of nitrogens with zero attached hydrogens (tertiary/aromatic N) is 4. The second kappa shape index (κ2) is 7.13. The average Bonchev–Trinajstić information content (AvgIpc) is 3.47. The Hall–Kier alpha value is -2.96. The first-order valence-corrected chi connectivity index (χ1v) is 10.4. The number of fused-ring (bicyclic) bond motifs is 1. The van der Waals surface area contributed by atoms with Crippen LogP contribution in [0, 0.1) is 5.92 Å². The van der Waals surface area contributed by atoms with Crippen molar-refractivity contribution in [3.8, 4) is 0 Å². The molecule has 150 valence electrons. The van der Waals surface area contributed by atoms with Crippen LogP contribution in [0.15, 0.2) is 41.3 Å². The van der Waals surface area contributed by atoms with Crippen LogP contribution in [0.5, 0.6) is 0 Å². The predicted octanol–water partition coefficient (Wildman–Crippen LogP) is 3.11. The maximum Gasteiger partial charge on any atom is 0.262 e. The van der Waals surface area contributed by atoms with E-state index in [1.165, 1.54) is 12.8 Å². The van der Waals surface area contributed by atoms with E-state index in [-0.39, 0.29) is 23.3 Å². The van der Waals surface area contributed by atoms with E-state index in [1.54, 1.807) is 6.20 Å². The van der Waals surface area contributed by atoms with Gasteiger partial charge in [0.15, 0.2) is 5.65 Å². The van der Waals surface area contributed by atoms with Crippen molar-refractivity contribution in [3.05, 3.63) is 58.3 Å². The fraction of sp³-hybridized carbons (Fsp3) is 0.455. The fourth-order valence-corrected chi connectivity index (χ4v) is 4.80. The van der Waals surface area contributed by atoms with Crippen LogP contribution >= 0.6 is 0 Å². The lowest BCUT2D eigenvalue weighted by Crippen LogP contribution is -2.29. The molecule has 2 aromatic heterocycles. The first-order chi connectivity index (χ1) is 14.1. The van der Waals surface area contributed by atoms with Crippen LogP contribution in [0.25, 0.3) is 11.0 Å². The molecule has 2 aliphatic rings. The fourth-order valence-electron chi connectivity index (χ4n) is 4.80. The van der Waals surface area contributed by atoms with Crippen LogP contribution in [0.3, 0.4) is 0 Å². The zero-order valence-corrected chi connectivity index (χ0v) is 16.5. The zero-order chi connectivity index (χ0) is 20.0.